The smallest absolute Gasteiger partial charge is 0.128 e. The van der Waals surface area contributed by atoms with Crippen LogP contribution in [0.25, 0.3) is 0 Å². The first-order chi connectivity index (χ1) is 8.15. The van der Waals surface area contributed by atoms with Gasteiger partial charge in [-0.3, -0.25) is 0 Å². The highest BCUT2D eigenvalue weighted by Gasteiger charge is 2.04. The van der Waals surface area contributed by atoms with E-state index >= 15 is 0 Å². The summed E-state index contributed by atoms with van der Waals surface area (Å²) in [5.41, 5.74) is 0.638. The van der Waals surface area contributed by atoms with Crippen LogP contribution in [-0.2, 0) is 5.75 Å². The second-order valence-electron chi connectivity index (χ2n) is 3.48. The Kier molecular flexibility index (Phi) is 4.32. The molecule has 0 unspecified atom stereocenters. The molecule has 0 fully saturated rings. The Labute approximate surface area is 114 Å². The van der Waals surface area contributed by atoms with Crippen molar-refractivity contribution in [3.05, 3.63) is 63.9 Å². The van der Waals surface area contributed by atoms with Gasteiger partial charge in [0, 0.05) is 20.7 Å². The van der Waals surface area contributed by atoms with Gasteiger partial charge in [-0.05, 0) is 35.9 Å². The van der Waals surface area contributed by atoms with Gasteiger partial charge < -0.3 is 0 Å². The zero-order valence-corrected chi connectivity index (χ0v) is 11.1. The first-order valence-electron chi connectivity index (χ1n) is 4.97. The molecule has 0 aromatic heterocycles. The molecule has 0 saturated heterocycles. The fourth-order valence-electron chi connectivity index (χ4n) is 1.36. The molecule has 0 radical (unpaired) electrons. The maximum atomic E-state index is 13.5. The van der Waals surface area contributed by atoms with Crippen LogP contribution in [0.2, 0.25) is 10.0 Å². The Balaban J connectivity index is 2.07. The molecule has 0 atom stereocenters. The number of rotatable bonds is 3. The summed E-state index contributed by atoms with van der Waals surface area (Å²) in [7, 11) is 0. The summed E-state index contributed by atoms with van der Waals surface area (Å²) in [5.74, 6) is 0.288. The average molecular weight is 287 g/mol. The van der Waals surface area contributed by atoms with Gasteiger partial charge in [0.05, 0.1) is 0 Å². The van der Waals surface area contributed by atoms with Crippen LogP contribution in [0.3, 0.4) is 0 Å². The highest BCUT2D eigenvalue weighted by atomic mass is 35.5. The Bertz CT molecular complexity index is 529. The summed E-state index contributed by atoms with van der Waals surface area (Å²) < 4.78 is 13.5. The summed E-state index contributed by atoms with van der Waals surface area (Å²) in [6, 6.07) is 12.2. The maximum Gasteiger partial charge on any atom is 0.128 e. The first-order valence-corrected chi connectivity index (χ1v) is 6.71. The number of benzene rings is 2. The molecule has 0 N–H and O–H groups in total. The fraction of sp³-hybridized carbons (Fsp3) is 0.0769. The number of hydrogen-bond acceptors (Lipinski definition) is 1. The standard InChI is InChI=1S/C13H9Cl2FS/c14-10-2-1-3-12(6-10)17-8-9-4-5-11(15)7-13(9)16/h1-7H,8H2. The van der Waals surface area contributed by atoms with Crippen LogP contribution in [0.15, 0.2) is 47.4 Å². The van der Waals surface area contributed by atoms with Crippen LogP contribution in [0, 0.1) is 5.82 Å². The molecule has 88 valence electrons. The number of hydrogen-bond donors (Lipinski definition) is 0. The average Bonchev–Trinajstić information content (AvgIpc) is 2.28. The van der Waals surface area contributed by atoms with Gasteiger partial charge in [-0.2, -0.15) is 0 Å². The van der Waals surface area contributed by atoms with Crippen molar-refractivity contribution in [2.45, 2.75) is 10.6 Å². The summed E-state index contributed by atoms with van der Waals surface area (Å²) in [6.07, 6.45) is 0. The normalized spacial score (nSPS) is 10.5. The maximum absolute atomic E-state index is 13.5. The third-order valence-electron chi connectivity index (χ3n) is 2.21. The Morgan fingerprint density at radius 2 is 1.76 bits per heavy atom. The van der Waals surface area contributed by atoms with Crippen LogP contribution in [0.5, 0.6) is 0 Å². The van der Waals surface area contributed by atoms with E-state index in [0.717, 1.165) is 4.90 Å². The zero-order chi connectivity index (χ0) is 12.3. The van der Waals surface area contributed by atoms with E-state index in [4.69, 9.17) is 23.2 Å². The Morgan fingerprint density at radius 1 is 1.00 bits per heavy atom. The highest BCUT2D eigenvalue weighted by molar-refractivity contribution is 7.98. The summed E-state index contributed by atoms with van der Waals surface area (Å²) in [5, 5.41) is 1.10. The lowest BCUT2D eigenvalue weighted by Gasteiger charge is -2.04. The predicted molar refractivity (Wildman–Crippen MR) is 72.4 cm³/mol. The van der Waals surface area contributed by atoms with E-state index in [0.29, 0.717) is 21.4 Å². The largest absolute Gasteiger partial charge is 0.207 e. The minimum absolute atomic E-state index is 0.271. The van der Waals surface area contributed by atoms with Crippen LogP contribution in [0.4, 0.5) is 4.39 Å². The van der Waals surface area contributed by atoms with E-state index in [1.54, 1.807) is 23.9 Å². The van der Waals surface area contributed by atoms with E-state index in [1.807, 2.05) is 24.3 Å². The van der Waals surface area contributed by atoms with E-state index in [9.17, 15) is 4.39 Å². The SMILES string of the molecule is Fc1cc(Cl)ccc1CSc1cccc(Cl)c1. The van der Waals surface area contributed by atoms with Crippen molar-refractivity contribution in [3.63, 3.8) is 0 Å². The first kappa shape index (κ1) is 12.7. The van der Waals surface area contributed by atoms with E-state index < -0.39 is 0 Å². The molecule has 0 nitrogen and oxygen atoms in total. The predicted octanol–water partition coefficient (Wildman–Crippen LogP) is 5.42. The van der Waals surface area contributed by atoms with E-state index in [-0.39, 0.29) is 5.82 Å². The third-order valence-corrected chi connectivity index (χ3v) is 3.72. The second kappa shape index (κ2) is 5.76. The number of halogens is 3. The molecule has 4 heteroatoms. The number of thioether (sulfide) groups is 1. The van der Waals surface area contributed by atoms with Crippen molar-refractivity contribution in [1.29, 1.82) is 0 Å². The summed E-state index contributed by atoms with van der Waals surface area (Å²) in [6.45, 7) is 0. The van der Waals surface area contributed by atoms with Gasteiger partial charge in [0.15, 0.2) is 0 Å². The monoisotopic (exact) mass is 286 g/mol. The second-order valence-corrected chi connectivity index (χ2v) is 5.40. The van der Waals surface area contributed by atoms with Crippen LogP contribution in [0.1, 0.15) is 5.56 Å². The molecule has 2 aromatic rings. The molecule has 0 bridgehead atoms. The minimum Gasteiger partial charge on any atom is -0.207 e. The van der Waals surface area contributed by atoms with Gasteiger partial charge in [0.1, 0.15) is 5.82 Å². The van der Waals surface area contributed by atoms with E-state index in [2.05, 4.69) is 0 Å². The molecule has 2 aromatic carbocycles. The van der Waals surface area contributed by atoms with Crippen LogP contribution < -0.4 is 0 Å². The lowest BCUT2D eigenvalue weighted by atomic mass is 10.2. The van der Waals surface area contributed by atoms with Gasteiger partial charge in [-0.25, -0.2) is 4.39 Å². The summed E-state index contributed by atoms with van der Waals surface area (Å²) >= 11 is 13.1. The zero-order valence-electron chi connectivity index (χ0n) is 8.79. The summed E-state index contributed by atoms with van der Waals surface area (Å²) in [4.78, 5) is 1.02. The Hall–Kier alpha value is -0.700. The van der Waals surface area contributed by atoms with Crippen molar-refractivity contribution in [1.82, 2.24) is 0 Å². The molecular weight excluding hydrogens is 278 g/mol. The fourth-order valence-corrected chi connectivity index (χ4v) is 2.71. The molecule has 0 saturated carbocycles. The lowest BCUT2D eigenvalue weighted by molar-refractivity contribution is 0.617. The Morgan fingerprint density at radius 3 is 2.47 bits per heavy atom. The van der Waals surface area contributed by atoms with Crippen molar-refractivity contribution < 1.29 is 4.39 Å². The third kappa shape index (κ3) is 3.63. The lowest BCUT2D eigenvalue weighted by Crippen LogP contribution is -1.87. The van der Waals surface area contributed by atoms with Crippen LogP contribution in [-0.4, -0.2) is 0 Å². The van der Waals surface area contributed by atoms with Gasteiger partial charge in [0.2, 0.25) is 0 Å². The van der Waals surface area contributed by atoms with Gasteiger partial charge in [-0.15, -0.1) is 11.8 Å². The van der Waals surface area contributed by atoms with Gasteiger partial charge in [-0.1, -0.05) is 35.3 Å². The molecular formula is C13H9Cl2FS. The van der Waals surface area contributed by atoms with Crippen LogP contribution >= 0.6 is 35.0 Å². The van der Waals surface area contributed by atoms with E-state index in [1.165, 1.54) is 6.07 Å². The van der Waals surface area contributed by atoms with Gasteiger partial charge >= 0.3 is 0 Å². The van der Waals surface area contributed by atoms with Crippen molar-refractivity contribution in [2.75, 3.05) is 0 Å². The molecule has 0 aliphatic carbocycles. The molecule has 2 rings (SSSR count). The topological polar surface area (TPSA) is 0 Å². The highest BCUT2D eigenvalue weighted by Crippen LogP contribution is 2.27. The van der Waals surface area contributed by atoms with Crippen molar-refractivity contribution >= 4 is 35.0 Å². The van der Waals surface area contributed by atoms with Crippen molar-refractivity contribution in [2.24, 2.45) is 0 Å². The molecule has 0 amide bonds. The molecule has 0 aliphatic heterocycles. The molecule has 0 spiro atoms. The van der Waals surface area contributed by atoms with Crippen molar-refractivity contribution in [3.8, 4) is 0 Å². The molecule has 0 aliphatic rings. The minimum atomic E-state index is -0.271. The molecule has 0 heterocycles. The van der Waals surface area contributed by atoms with Gasteiger partial charge in [0.25, 0.3) is 0 Å². The quantitative estimate of drug-likeness (QED) is 0.679. The molecule has 17 heavy (non-hydrogen) atoms.